The lowest BCUT2D eigenvalue weighted by atomic mass is 9.83. The average Bonchev–Trinajstić information content (AvgIpc) is 2.92. The van der Waals surface area contributed by atoms with Crippen molar-refractivity contribution in [2.24, 2.45) is 0 Å². The fourth-order valence-electron chi connectivity index (χ4n) is 5.91. The van der Waals surface area contributed by atoms with Crippen molar-refractivity contribution in [3.63, 3.8) is 0 Å². The molecule has 5 nitrogen and oxygen atoms in total. The van der Waals surface area contributed by atoms with E-state index in [1.165, 1.54) is 24.9 Å². The summed E-state index contributed by atoms with van der Waals surface area (Å²) in [6.45, 7) is 5.25. The SMILES string of the molecule is CC(=O)N1CCC(N2CCC(N(C)C(=O)c3cc(C(F)(F)F)cc(C(F)(F)F)c3)C(c3ccc(C)c(F)c3)C2)CC1. The number of piperidine rings is 2. The van der Waals surface area contributed by atoms with Crippen LogP contribution >= 0.6 is 0 Å². The molecule has 2 aromatic rings. The smallest absolute Gasteiger partial charge is 0.343 e. The van der Waals surface area contributed by atoms with E-state index in [9.17, 15) is 40.3 Å². The molecule has 0 N–H and O–H groups in total. The Balaban J connectivity index is 1.64. The van der Waals surface area contributed by atoms with Gasteiger partial charge in [0.15, 0.2) is 0 Å². The second-order valence-electron chi connectivity index (χ2n) is 10.9. The molecule has 224 valence electrons. The highest BCUT2D eigenvalue weighted by atomic mass is 19.4. The second kappa shape index (κ2) is 11.6. The maximum absolute atomic E-state index is 14.6. The number of aryl methyl sites for hydroxylation is 1. The lowest BCUT2D eigenvalue weighted by molar-refractivity contribution is -0.143. The molecule has 2 aliphatic heterocycles. The van der Waals surface area contributed by atoms with Crippen molar-refractivity contribution in [1.29, 1.82) is 0 Å². The number of hydrogen-bond donors (Lipinski definition) is 0. The Hall–Kier alpha value is -3.15. The molecular weight excluding hydrogens is 555 g/mol. The van der Waals surface area contributed by atoms with E-state index in [1.807, 2.05) is 0 Å². The van der Waals surface area contributed by atoms with Gasteiger partial charge in [-0.15, -0.1) is 0 Å². The number of amides is 2. The molecule has 12 heteroatoms. The summed E-state index contributed by atoms with van der Waals surface area (Å²) in [7, 11) is 1.36. The standard InChI is InChI=1S/C29H32F7N3O2/c1-17-4-5-19(14-25(17)30)24-16-39(23-6-9-38(10-7-23)18(2)40)11-8-26(24)37(3)27(41)20-12-21(28(31,32)33)15-22(13-20)29(34,35)36/h4-5,12-15,23-24,26H,6-11,16H2,1-3H3. The molecule has 2 saturated heterocycles. The maximum Gasteiger partial charge on any atom is 0.416 e. The average molecular weight is 588 g/mol. The maximum atomic E-state index is 14.6. The van der Waals surface area contributed by atoms with E-state index in [1.54, 1.807) is 24.0 Å². The molecule has 0 radical (unpaired) electrons. The number of benzene rings is 2. The molecule has 2 aromatic carbocycles. The van der Waals surface area contributed by atoms with E-state index in [0.717, 1.165) is 12.8 Å². The summed E-state index contributed by atoms with van der Waals surface area (Å²) in [6.07, 6.45) is -8.32. The third-order valence-corrected chi connectivity index (χ3v) is 8.31. The summed E-state index contributed by atoms with van der Waals surface area (Å²) in [6, 6.07) is 5.12. The van der Waals surface area contributed by atoms with Crippen LogP contribution in [0, 0.1) is 12.7 Å². The molecule has 41 heavy (non-hydrogen) atoms. The zero-order chi connectivity index (χ0) is 30.3. The van der Waals surface area contributed by atoms with Crippen LogP contribution in [-0.2, 0) is 17.1 Å². The van der Waals surface area contributed by atoms with Gasteiger partial charge in [0.25, 0.3) is 5.91 Å². The largest absolute Gasteiger partial charge is 0.416 e. The first-order valence-corrected chi connectivity index (χ1v) is 13.4. The number of likely N-dealkylation sites (tertiary alicyclic amines) is 2. The minimum absolute atomic E-state index is 0.00132. The zero-order valence-electron chi connectivity index (χ0n) is 22.9. The van der Waals surface area contributed by atoms with E-state index >= 15 is 0 Å². The van der Waals surface area contributed by atoms with Crippen LogP contribution in [-0.4, -0.2) is 71.8 Å². The van der Waals surface area contributed by atoms with Gasteiger partial charge in [-0.05, 0) is 61.6 Å². The van der Waals surface area contributed by atoms with Gasteiger partial charge < -0.3 is 9.80 Å². The molecule has 0 bridgehead atoms. The normalized spacial score (nSPS) is 21.2. The van der Waals surface area contributed by atoms with Crippen molar-refractivity contribution in [2.45, 2.75) is 63.5 Å². The summed E-state index contributed by atoms with van der Waals surface area (Å²) in [5.74, 6) is -1.88. The van der Waals surface area contributed by atoms with Crippen LogP contribution in [0.5, 0.6) is 0 Å². The molecule has 2 atom stereocenters. The number of likely N-dealkylation sites (N-methyl/N-ethyl adjacent to an activating group) is 1. The summed E-state index contributed by atoms with van der Waals surface area (Å²) in [5.41, 5.74) is -2.84. The number of rotatable bonds is 4. The first kappa shape index (κ1) is 30.8. The van der Waals surface area contributed by atoms with Crippen molar-refractivity contribution < 1.29 is 40.3 Å². The van der Waals surface area contributed by atoms with Crippen molar-refractivity contribution in [3.05, 3.63) is 70.0 Å². The van der Waals surface area contributed by atoms with Crippen molar-refractivity contribution in [3.8, 4) is 0 Å². The van der Waals surface area contributed by atoms with Gasteiger partial charge in [0.05, 0.1) is 11.1 Å². The van der Waals surface area contributed by atoms with Crippen LogP contribution in [0.1, 0.15) is 64.7 Å². The fraction of sp³-hybridized carbons (Fsp3) is 0.517. The highest BCUT2D eigenvalue weighted by molar-refractivity contribution is 5.95. The molecule has 2 heterocycles. The van der Waals surface area contributed by atoms with Crippen molar-refractivity contribution >= 4 is 11.8 Å². The van der Waals surface area contributed by atoms with Gasteiger partial charge in [-0.3, -0.25) is 14.5 Å². The second-order valence-corrected chi connectivity index (χ2v) is 10.9. The van der Waals surface area contributed by atoms with Crippen LogP contribution in [0.25, 0.3) is 0 Å². The highest BCUT2D eigenvalue weighted by Gasteiger charge is 2.41. The van der Waals surface area contributed by atoms with E-state index < -0.39 is 52.7 Å². The number of carbonyl (C=O) groups is 2. The Bertz CT molecular complexity index is 1250. The van der Waals surface area contributed by atoms with E-state index in [4.69, 9.17) is 0 Å². The number of alkyl halides is 6. The summed E-state index contributed by atoms with van der Waals surface area (Å²) < 4.78 is 95.3. The van der Waals surface area contributed by atoms with E-state index in [-0.39, 0.29) is 18.0 Å². The van der Waals surface area contributed by atoms with E-state index in [2.05, 4.69) is 4.90 Å². The molecule has 0 saturated carbocycles. The Kier molecular flexibility index (Phi) is 8.73. The van der Waals surface area contributed by atoms with Crippen LogP contribution in [0.3, 0.4) is 0 Å². The van der Waals surface area contributed by atoms with Crippen LogP contribution in [0.15, 0.2) is 36.4 Å². The Morgan fingerprint density at radius 1 is 0.878 bits per heavy atom. The zero-order valence-corrected chi connectivity index (χ0v) is 22.9. The molecule has 2 fully saturated rings. The minimum Gasteiger partial charge on any atom is -0.343 e. The Morgan fingerprint density at radius 2 is 1.46 bits per heavy atom. The van der Waals surface area contributed by atoms with Crippen molar-refractivity contribution in [2.75, 3.05) is 33.2 Å². The van der Waals surface area contributed by atoms with Gasteiger partial charge in [0, 0.05) is 63.7 Å². The first-order valence-electron chi connectivity index (χ1n) is 13.4. The van der Waals surface area contributed by atoms with Gasteiger partial charge in [-0.25, -0.2) is 4.39 Å². The van der Waals surface area contributed by atoms with Gasteiger partial charge >= 0.3 is 12.4 Å². The highest BCUT2D eigenvalue weighted by Crippen LogP contribution is 2.38. The molecule has 0 aromatic heterocycles. The van der Waals surface area contributed by atoms with E-state index in [0.29, 0.717) is 55.9 Å². The number of carbonyl (C=O) groups excluding carboxylic acids is 2. The molecule has 2 amide bonds. The molecule has 4 rings (SSSR count). The lowest BCUT2D eigenvalue weighted by Gasteiger charge is -2.47. The Morgan fingerprint density at radius 3 is 1.98 bits per heavy atom. The molecule has 2 aliphatic rings. The summed E-state index contributed by atoms with van der Waals surface area (Å²) in [5, 5.41) is 0. The lowest BCUT2D eigenvalue weighted by Crippen LogP contribution is -2.55. The number of nitrogens with zero attached hydrogens (tertiary/aromatic N) is 3. The monoisotopic (exact) mass is 587 g/mol. The predicted octanol–water partition coefficient (Wildman–Crippen LogP) is 6.11. The van der Waals surface area contributed by atoms with Crippen molar-refractivity contribution in [1.82, 2.24) is 14.7 Å². The molecule has 2 unspecified atom stereocenters. The van der Waals surface area contributed by atoms with Crippen LogP contribution in [0.4, 0.5) is 30.7 Å². The van der Waals surface area contributed by atoms with Gasteiger partial charge in [-0.1, -0.05) is 12.1 Å². The van der Waals surface area contributed by atoms with Gasteiger partial charge in [-0.2, -0.15) is 26.3 Å². The summed E-state index contributed by atoms with van der Waals surface area (Å²) >= 11 is 0. The third-order valence-electron chi connectivity index (χ3n) is 8.31. The molecule has 0 aliphatic carbocycles. The minimum atomic E-state index is -5.08. The number of halogens is 7. The quantitative estimate of drug-likeness (QED) is 0.406. The third kappa shape index (κ3) is 6.85. The Labute approximate surface area is 233 Å². The fourth-order valence-corrected chi connectivity index (χ4v) is 5.91. The van der Waals surface area contributed by atoms with Crippen LogP contribution in [0.2, 0.25) is 0 Å². The van der Waals surface area contributed by atoms with Gasteiger partial charge in [0.2, 0.25) is 5.91 Å². The van der Waals surface area contributed by atoms with Crippen LogP contribution < -0.4 is 0 Å². The topological polar surface area (TPSA) is 43.9 Å². The summed E-state index contributed by atoms with van der Waals surface area (Å²) in [4.78, 5) is 30.4. The van der Waals surface area contributed by atoms with Gasteiger partial charge in [0.1, 0.15) is 5.82 Å². The number of hydrogen-bond acceptors (Lipinski definition) is 3. The molecular formula is C29H32F7N3O2. The predicted molar refractivity (Wildman–Crippen MR) is 138 cm³/mol. The molecule has 0 spiro atoms. The first-order chi connectivity index (χ1) is 19.1.